The van der Waals surface area contributed by atoms with Crippen molar-refractivity contribution in [3.63, 3.8) is 0 Å². The Kier molecular flexibility index (Phi) is 9.53. The minimum absolute atomic E-state index is 0. The molecule has 0 bridgehead atoms. The Balaban J connectivity index is 0.00000529. The fourth-order valence-electron chi connectivity index (χ4n) is 2.50. The molecule has 0 aromatic rings. The molecular formula is C16H35IN4O2S. The maximum atomic E-state index is 11.8. The van der Waals surface area contributed by atoms with E-state index in [0.29, 0.717) is 24.0 Å². The van der Waals surface area contributed by atoms with Crippen molar-refractivity contribution in [2.45, 2.75) is 58.4 Å². The van der Waals surface area contributed by atoms with E-state index >= 15 is 0 Å². The molecule has 2 atom stereocenters. The summed E-state index contributed by atoms with van der Waals surface area (Å²) in [7, 11) is -3.14. The third kappa shape index (κ3) is 6.67. The van der Waals surface area contributed by atoms with E-state index in [9.17, 15) is 8.42 Å². The van der Waals surface area contributed by atoms with E-state index in [1.54, 1.807) is 13.8 Å². The van der Waals surface area contributed by atoms with Crippen molar-refractivity contribution in [3.05, 3.63) is 0 Å². The fraction of sp³-hybridized carbons (Fsp3) is 0.938. The Morgan fingerprint density at radius 2 is 1.92 bits per heavy atom. The molecule has 1 fully saturated rings. The molecule has 8 heteroatoms. The van der Waals surface area contributed by atoms with E-state index in [-0.39, 0.29) is 30.5 Å². The molecule has 1 aliphatic heterocycles. The number of nitrogens with one attached hydrogen (secondary N) is 2. The van der Waals surface area contributed by atoms with E-state index in [1.165, 1.54) is 6.26 Å². The maximum absolute atomic E-state index is 11.8. The highest BCUT2D eigenvalue weighted by molar-refractivity contribution is 14.0. The number of guanidine groups is 1. The molecular weight excluding hydrogens is 439 g/mol. The average molecular weight is 474 g/mol. The molecule has 0 amide bonds. The van der Waals surface area contributed by atoms with Crippen molar-refractivity contribution in [3.8, 4) is 0 Å². The van der Waals surface area contributed by atoms with Crippen LogP contribution in [0.3, 0.4) is 0 Å². The summed E-state index contributed by atoms with van der Waals surface area (Å²) in [6, 6.07) is 0.865. The Morgan fingerprint density at radius 3 is 2.33 bits per heavy atom. The number of hydrogen-bond donors (Lipinski definition) is 2. The van der Waals surface area contributed by atoms with Crippen LogP contribution in [0, 0.1) is 5.92 Å². The van der Waals surface area contributed by atoms with Gasteiger partial charge in [-0.3, -0.25) is 9.89 Å². The van der Waals surface area contributed by atoms with Gasteiger partial charge in [0.25, 0.3) is 0 Å². The van der Waals surface area contributed by atoms with Gasteiger partial charge in [-0.25, -0.2) is 8.42 Å². The lowest BCUT2D eigenvalue weighted by atomic mass is 10.1. The van der Waals surface area contributed by atoms with E-state index < -0.39 is 14.6 Å². The summed E-state index contributed by atoms with van der Waals surface area (Å²) >= 11 is 0. The Bertz CT molecular complexity index is 520. The summed E-state index contributed by atoms with van der Waals surface area (Å²) in [5.41, 5.74) is 0. The SMILES string of the molecule is CCNC(=NCC(C)(C)S(C)(=O)=O)NC1CN(C(C)C)CC1C.I. The van der Waals surface area contributed by atoms with Gasteiger partial charge in [0.15, 0.2) is 15.8 Å². The van der Waals surface area contributed by atoms with Gasteiger partial charge in [0, 0.05) is 38.0 Å². The number of halogens is 1. The second-order valence-electron chi connectivity index (χ2n) is 7.50. The van der Waals surface area contributed by atoms with Gasteiger partial charge in [0.05, 0.1) is 11.3 Å². The highest BCUT2D eigenvalue weighted by Crippen LogP contribution is 2.19. The summed E-state index contributed by atoms with van der Waals surface area (Å²) in [6.07, 6.45) is 1.27. The molecule has 24 heavy (non-hydrogen) atoms. The van der Waals surface area contributed by atoms with Crippen LogP contribution in [0.5, 0.6) is 0 Å². The minimum Gasteiger partial charge on any atom is -0.357 e. The Labute approximate surface area is 165 Å². The van der Waals surface area contributed by atoms with Crippen molar-refractivity contribution in [1.82, 2.24) is 15.5 Å². The Hall–Kier alpha value is -0.0900. The normalized spacial score (nSPS) is 23.2. The molecule has 6 nitrogen and oxygen atoms in total. The predicted molar refractivity (Wildman–Crippen MR) is 113 cm³/mol. The van der Waals surface area contributed by atoms with Crippen LogP contribution in [-0.4, -0.2) is 68.5 Å². The lowest BCUT2D eigenvalue weighted by Gasteiger charge is -2.24. The van der Waals surface area contributed by atoms with Crippen LogP contribution in [-0.2, 0) is 9.84 Å². The van der Waals surface area contributed by atoms with E-state index in [0.717, 1.165) is 19.6 Å². The molecule has 0 saturated carbocycles. The zero-order valence-corrected chi connectivity index (χ0v) is 19.2. The zero-order chi connectivity index (χ0) is 17.8. The first-order valence-electron chi connectivity index (χ1n) is 8.46. The van der Waals surface area contributed by atoms with Gasteiger partial charge >= 0.3 is 0 Å². The Morgan fingerprint density at radius 1 is 1.33 bits per heavy atom. The second kappa shape index (κ2) is 9.56. The molecule has 2 unspecified atom stereocenters. The van der Waals surface area contributed by atoms with Crippen LogP contribution < -0.4 is 10.6 Å². The second-order valence-corrected chi connectivity index (χ2v) is 10.2. The van der Waals surface area contributed by atoms with E-state index in [4.69, 9.17) is 0 Å². The van der Waals surface area contributed by atoms with Gasteiger partial charge in [-0.1, -0.05) is 6.92 Å². The monoisotopic (exact) mass is 474 g/mol. The van der Waals surface area contributed by atoms with E-state index in [2.05, 4.69) is 41.3 Å². The number of rotatable bonds is 6. The van der Waals surface area contributed by atoms with Gasteiger partial charge < -0.3 is 10.6 Å². The van der Waals surface area contributed by atoms with Gasteiger partial charge in [-0.05, 0) is 40.5 Å². The van der Waals surface area contributed by atoms with Gasteiger partial charge in [-0.2, -0.15) is 0 Å². The maximum Gasteiger partial charge on any atom is 0.191 e. The van der Waals surface area contributed by atoms with Crippen molar-refractivity contribution in [2.24, 2.45) is 10.9 Å². The molecule has 144 valence electrons. The molecule has 0 radical (unpaired) electrons. The number of nitrogens with zero attached hydrogens (tertiary/aromatic N) is 2. The van der Waals surface area contributed by atoms with Gasteiger partial charge in [-0.15, -0.1) is 24.0 Å². The topological polar surface area (TPSA) is 73.8 Å². The van der Waals surface area contributed by atoms with Crippen LogP contribution in [0.4, 0.5) is 0 Å². The van der Waals surface area contributed by atoms with E-state index in [1.807, 2.05) is 6.92 Å². The molecule has 0 aromatic carbocycles. The number of aliphatic imine (C=N–C) groups is 1. The quantitative estimate of drug-likeness (QED) is 0.349. The van der Waals surface area contributed by atoms with Crippen LogP contribution in [0.2, 0.25) is 0 Å². The molecule has 1 saturated heterocycles. The van der Waals surface area contributed by atoms with Crippen molar-refractivity contribution in [1.29, 1.82) is 0 Å². The molecule has 1 rings (SSSR count). The molecule has 1 heterocycles. The predicted octanol–water partition coefficient (Wildman–Crippen LogP) is 1.71. The lowest BCUT2D eigenvalue weighted by Crippen LogP contribution is -2.47. The highest BCUT2D eigenvalue weighted by Gasteiger charge is 2.32. The summed E-state index contributed by atoms with van der Waals surface area (Å²) in [4.78, 5) is 6.97. The summed E-state index contributed by atoms with van der Waals surface area (Å²) in [5.74, 6) is 1.23. The van der Waals surface area contributed by atoms with Crippen molar-refractivity contribution >= 4 is 39.8 Å². The summed E-state index contributed by atoms with van der Waals surface area (Å²) < 4.78 is 22.8. The molecule has 0 aromatic heterocycles. The lowest BCUT2D eigenvalue weighted by molar-refractivity contribution is 0.265. The number of hydrogen-bond acceptors (Lipinski definition) is 4. The molecule has 2 N–H and O–H groups in total. The molecule has 0 aliphatic carbocycles. The van der Waals surface area contributed by atoms with Crippen molar-refractivity contribution in [2.75, 3.05) is 32.4 Å². The average Bonchev–Trinajstić information content (AvgIpc) is 2.77. The zero-order valence-electron chi connectivity index (χ0n) is 16.1. The third-order valence-electron chi connectivity index (χ3n) is 4.66. The first kappa shape index (κ1) is 23.9. The summed E-state index contributed by atoms with van der Waals surface area (Å²) in [5, 5.41) is 6.70. The van der Waals surface area contributed by atoms with Crippen LogP contribution in [0.15, 0.2) is 4.99 Å². The standard InChI is InChI=1S/C16H34N4O2S.HI/c1-8-17-15(18-11-16(5,6)23(7,21)22)19-14-10-20(12(2)3)9-13(14)4;/h12-14H,8-11H2,1-7H3,(H2,17,18,19);1H. The first-order chi connectivity index (χ1) is 10.5. The third-order valence-corrected chi connectivity index (χ3v) is 6.80. The highest BCUT2D eigenvalue weighted by atomic mass is 127. The van der Waals surface area contributed by atoms with Crippen LogP contribution in [0.25, 0.3) is 0 Å². The minimum atomic E-state index is -3.14. The first-order valence-corrected chi connectivity index (χ1v) is 10.4. The number of sulfone groups is 1. The van der Waals surface area contributed by atoms with Crippen LogP contribution >= 0.6 is 24.0 Å². The fourth-order valence-corrected chi connectivity index (χ4v) is 2.80. The number of likely N-dealkylation sites (tertiary alicyclic amines) is 1. The summed E-state index contributed by atoms with van der Waals surface area (Å²) in [6.45, 7) is 15.2. The largest absolute Gasteiger partial charge is 0.357 e. The van der Waals surface area contributed by atoms with Crippen molar-refractivity contribution < 1.29 is 8.42 Å². The van der Waals surface area contributed by atoms with Crippen LogP contribution in [0.1, 0.15) is 41.5 Å². The van der Waals surface area contributed by atoms with Gasteiger partial charge in [0.1, 0.15) is 0 Å². The molecule has 1 aliphatic rings. The van der Waals surface area contributed by atoms with Gasteiger partial charge in [0.2, 0.25) is 0 Å². The smallest absolute Gasteiger partial charge is 0.191 e. The molecule has 0 spiro atoms.